The molecule has 3 amide bonds. The Hall–Kier alpha value is -0.520. The summed E-state index contributed by atoms with van der Waals surface area (Å²) in [5, 5.41) is 8.58. The van der Waals surface area contributed by atoms with Gasteiger partial charge in [-0.3, -0.25) is 9.69 Å². The topological polar surface area (TPSA) is 60.9 Å². The molecule has 12 heavy (non-hydrogen) atoms. The van der Waals surface area contributed by atoms with Crippen molar-refractivity contribution in [2.75, 3.05) is 14.1 Å². The van der Waals surface area contributed by atoms with Gasteiger partial charge in [0.05, 0.1) is 0 Å². The van der Waals surface area contributed by atoms with Crippen LogP contribution in [-0.4, -0.2) is 46.0 Å². The first-order valence-electron chi connectivity index (χ1n) is 2.91. The molecule has 0 spiro atoms. The van der Waals surface area contributed by atoms with E-state index >= 15 is 0 Å². The lowest BCUT2D eigenvalue weighted by Crippen LogP contribution is -2.42. The number of imide groups is 1. The third kappa shape index (κ3) is 2.84. The van der Waals surface area contributed by atoms with Crippen LogP contribution in [0.15, 0.2) is 0 Å². The number of halogens is 2. The zero-order valence-corrected chi connectivity index (χ0v) is 8.00. The van der Waals surface area contributed by atoms with Crippen molar-refractivity contribution in [3.8, 4) is 0 Å². The third-order valence-corrected chi connectivity index (χ3v) is 1.42. The van der Waals surface area contributed by atoms with Gasteiger partial charge in [-0.05, 0) is 0 Å². The predicted octanol–water partition coefficient (Wildman–Crippen LogP) is 0.208. The number of alkyl halides is 1. The number of hydrogen-bond acceptors (Lipinski definition) is 3. The van der Waals surface area contributed by atoms with Crippen LogP contribution in [0.3, 0.4) is 0 Å². The lowest BCUT2D eigenvalue weighted by Gasteiger charge is -2.18. The second-order valence-electron chi connectivity index (χ2n) is 1.99. The summed E-state index contributed by atoms with van der Waals surface area (Å²) in [6, 6.07) is -0.763. The molecule has 0 aliphatic carbocycles. The summed E-state index contributed by atoms with van der Waals surface area (Å²) in [5.41, 5.74) is -1.73. The number of carbonyl (C=O) groups excluding carboxylic acids is 2. The largest absolute Gasteiger partial charge is 0.369 e. The number of nitrogens with zero attached hydrogens (tertiary/aromatic N) is 2. The van der Waals surface area contributed by atoms with Gasteiger partial charge in [-0.1, -0.05) is 11.6 Å². The lowest BCUT2D eigenvalue weighted by molar-refractivity contribution is -0.132. The number of carbonyl (C=O) groups is 2. The molecule has 0 radical (unpaired) electrons. The molecule has 0 aromatic carbocycles. The van der Waals surface area contributed by atoms with Crippen LogP contribution in [-0.2, 0) is 4.79 Å². The van der Waals surface area contributed by atoms with Crippen molar-refractivity contribution in [2.24, 2.45) is 0 Å². The van der Waals surface area contributed by atoms with Gasteiger partial charge in [0.25, 0.3) is 5.91 Å². The highest BCUT2D eigenvalue weighted by Crippen LogP contribution is 2.02. The van der Waals surface area contributed by atoms with E-state index in [-0.39, 0.29) is 0 Å². The number of amides is 3. The monoisotopic (exact) mass is 214 g/mol. The summed E-state index contributed by atoms with van der Waals surface area (Å²) in [6.07, 6.45) is 0. The van der Waals surface area contributed by atoms with E-state index in [0.29, 0.717) is 9.32 Å². The van der Waals surface area contributed by atoms with Crippen LogP contribution < -0.4 is 0 Å². The summed E-state index contributed by atoms with van der Waals surface area (Å²) in [6.45, 7) is 0. The average Bonchev–Trinajstić information content (AvgIpc) is 2.00. The number of hydrogen-bond donors (Lipinski definition) is 1. The zero-order chi connectivity index (χ0) is 9.89. The summed E-state index contributed by atoms with van der Waals surface area (Å²) >= 11 is 10.3. The molecule has 0 fully saturated rings. The Bertz CT molecular complexity index is 175. The van der Waals surface area contributed by atoms with Crippen LogP contribution in [0.4, 0.5) is 4.79 Å². The fourth-order valence-electron chi connectivity index (χ4n) is 0.461. The number of rotatable bonds is 1. The van der Waals surface area contributed by atoms with Crippen molar-refractivity contribution in [1.29, 1.82) is 0 Å². The van der Waals surface area contributed by atoms with Gasteiger partial charge in [0.1, 0.15) is 0 Å². The predicted molar refractivity (Wildman–Crippen MR) is 43.6 cm³/mol. The Morgan fingerprint density at radius 3 is 2.08 bits per heavy atom. The molecule has 0 aliphatic heterocycles. The maximum atomic E-state index is 10.9. The van der Waals surface area contributed by atoms with Gasteiger partial charge in [-0.15, -0.1) is 0 Å². The minimum Gasteiger partial charge on any atom is -0.369 e. The highest BCUT2D eigenvalue weighted by atomic mass is 35.5. The third-order valence-electron chi connectivity index (χ3n) is 1.08. The van der Waals surface area contributed by atoms with Gasteiger partial charge < -0.3 is 5.11 Å². The first kappa shape index (κ1) is 11.5. The van der Waals surface area contributed by atoms with Crippen molar-refractivity contribution >= 4 is 35.3 Å². The first-order valence-corrected chi connectivity index (χ1v) is 3.68. The number of likely N-dealkylation sites (N-methyl/N-ethyl adjacent to an activating group) is 1. The Kier molecular flexibility index (Phi) is 4.30. The van der Waals surface area contributed by atoms with Crippen molar-refractivity contribution in [1.82, 2.24) is 9.32 Å². The van der Waals surface area contributed by atoms with Crippen molar-refractivity contribution < 1.29 is 14.7 Å². The molecule has 1 unspecified atom stereocenters. The van der Waals surface area contributed by atoms with E-state index in [9.17, 15) is 9.59 Å². The Morgan fingerprint density at radius 2 is 1.83 bits per heavy atom. The number of aliphatic hydroxyl groups is 1. The molecule has 5 nitrogen and oxygen atoms in total. The molecular formula is C5H8Cl2N2O3. The summed E-state index contributed by atoms with van der Waals surface area (Å²) in [7, 11) is 2.42. The van der Waals surface area contributed by atoms with E-state index in [2.05, 4.69) is 0 Å². The molecule has 0 saturated heterocycles. The Morgan fingerprint density at radius 1 is 1.42 bits per heavy atom. The molecule has 1 N–H and O–H groups in total. The minimum atomic E-state index is -1.73. The molecule has 0 aliphatic rings. The van der Waals surface area contributed by atoms with Crippen LogP contribution in [0, 0.1) is 0 Å². The number of aliphatic hydroxyl groups excluding tert-OH is 1. The Balaban J connectivity index is 4.30. The normalized spacial score (nSPS) is 12.1. The van der Waals surface area contributed by atoms with Crippen LogP contribution in [0.5, 0.6) is 0 Å². The van der Waals surface area contributed by atoms with E-state index < -0.39 is 17.5 Å². The van der Waals surface area contributed by atoms with E-state index in [1.54, 1.807) is 0 Å². The van der Waals surface area contributed by atoms with Gasteiger partial charge in [0.15, 0.2) is 0 Å². The average molecular weight is 215 g/mol. The summed E-state index contributed by atoms with van der Waals surface area (Å²) in [5.74, 6) is -0.922. The molecule has 70 valence electrons. The zero-order valence-electron chi connectivity index (χ0n) is 6.49. The van der Waals surface area contributed by atoms with Crippen LogP contribution in [0.2, 0.25) is 0 Å². The molecule has 0 aromatic rings. The highest BCUT2D eigenvalue weighted by Gasteiger charge is 2.23. The van der Waals surface area contributed by atoms with Gasteiger partial charge in [-0.2, -0.15) is 0 Å². The fraction of sp³-hybridized carbons (Fsp3) is 0.600. The Labute approximate surface area is 79.6 Å². The molecule has 1 atom stereocenters. The second-order valence-corrected chi connectivity index (χ2v) is 2.91. The molecule has 0 rings (SSSR count). The van der Waals surface area contributed by atoms with E-state index in [4.69, 9.17) is 28.5 Å². The molecule has 7 heteroatoms. The van der Waals surface area contributed by atoms with Crippen molar-refractivity contribution in [3.63, 3.8) is 0 Å². The van der Waals surface area contributed by atoms with Gasteiger partial charge in [-0.25, -0.2) is 9.21 Å². The molecule has 0 bridgehead atoms. The molecule has 0 saturated carbocycles. The van der Waals surface area contributed by atoms with E-state index in [1.807, 2.05) is 0 Å². The summed E-state index contributed by atoms with van der Waals surface area (Å²) in [4.78, 5) is 22.4. The maximum absolute atomic E-state index is 10.9. The van der Waals surface area contributed by atoms with Crippen molar-refractivity contribution in [3.05, 3.63) is 0 Å². The minimum absolute atomic E-state index is 0.616. The SMILES string of the molecule is CN(Cl)C(=O)N(C)C(=O)C(O)Cl. The van der Waals surface area contributed by atoms with Crippen molar-refractivity contribution in [2.45, 2.75) is 5.56 Å². The standard InChI is InChI=1S/C5H8Cl2N2O3/c1-8(4(11)3(6)10)5(12)9(2)7/h3,10H,1-2H3. The quantitative estimate of drug-likeness (QED) is 0.502. The highest BCUT2D eigenvalue weighted by molar-refractivity contribution is 6.31. The van der Waals surface area contributed by atoms with E-state index in [0.717, 1.165) is 7.05 Å². The number of urea groups is 1. The maximum Gasteiger partial charge on any atom is 0.340 e. The smallest absolute Gasteiger partial charge is 0.340 e. The molecular weight excluding hydrogens is 207 g/mol. The van der Waals surface area contributed by atoms with Crippen LogP contribution in [0.25, 0.3) is 0 Å². The van der Waals surface area contributed by atoms with Gasteiger partial charge in [0.2, 0.25) is 5.56 Å². The second kappa shape index (κ2) is 4.49. The summed E-state index contributed by atoms with van der Waals surface area (Å²) < 4.78 is 0.678. The first-order chi connectivity index (χ1) is 5.37. The van der Waals surface area contributed by atoms with Gasteiger partial charge >= 0.3 is 6.03 Å². The lowest BCUT2D eigenvalue weighted by atomic mass is 10.6. The molecule has 0 aromatic heterocycles. The van der Waals surface area contributed by atoms with Crippen LogP contribution in [0.1, 0.15) is 0 Å². The van der Waals surface area contributed by atoms with E-state index in [1.165, 1.54) is 7.05 Å². The molecule has 0 heterocycles. The fourth-order valence-corrected chi connectivity index (χ4v) is 0.721. The van der Waals surface area contributed by atoms with Gasteiger partial charge in [0, 0.05) is 25.9 Å². The van der Waals surface area contributed by atoms with Crippen LogP contribution >= 0.6 is 23.4 Å².